The van der Waals surface area contributed by atoms with Crippen molar-refractivity contribution in [3.05, 3.63) is 29.2 Å². The lowest BCUT2D eigenvalue weighted by atomic mass is 10.0. The second-order valence-electron chi connectivity index (χ2n) is 7.66. The monoisotopic (exact) mass is 424 g/mol. The molecule has 0 spiro atoms. The van der Waals surface area contributed by atoms with E-state index in [-0.39, 0.29) is 11.8 Å². The number of ether oxygens (including phenoxy) is 1. The smallest absolute Gasteiger partial charge is 0.408 e. The molecular formula is C19H25ClN4O3S. The van der Waals surface area contributed by atoms with E-state index in [2.05, 4.69) is 20.6 Å². The molecule has 0 aliphatic rings. The van der Waals surface area contributed by atoms with E-state index < -0.39 is 17.7 Å². The highest BCUT2D eigenvalue weighted by Crippen LogP contribution is 2.32. The molecule has 0 radical (unpaired) electrons. The Bertz CT molecular complexity index is 844. The number of anilines is 1. The van der Waals surface area contributed by atoms with Gasteiger partial charge in [0.05, 0.1) is 10.6 Å². The van der Waals surface area contributed by atoms with Crippen molar-refractivity contribution in [1.82, 2.24) is 15.3 Å². The first-order valence-corrected chi connectivity index (χ1v) is 10.1. The minimum Gasteiger partial charge on any atom is -0.444 e. The standard InChI is InChI=1S/C19H25ClN4O3S/c1-10(2)14(23-18(26)27-19(4,5)6)16(25)24-17-22-11(3)15(28-17)12-7-8-13(20)21-9-12/h7-10,14H,1-6H3,(H,23,26)(H,22,24,25). The van der Waals surface area contributed by atoms with E-state index in [9.17, 15) is 9.59 Å². The highest BCUT2D eigenvalue weighted by atomic mass is 35.5. The number of nitrogens with zero attached hydrogens (tertiary/aromatic N) is 2. The second kappa shape index (κ2) is 8.87. The van der Waals surface area contributed by atoms with E-state index in [1.54, 1.807) is 33.0 Å². The van der Waals surface area contributed by atoms with Crippen LogP contribution in [0.1, 0.15) is 40.3 Å². The summed E-state index contributed by atoms with van der Waals surface area (Å²) >= 11 is 7.17. The van der Waals surface area contributed by atoms with Crippen LogP contribution in [0.4, 0.5) is 9.93 Å². The number of nitrogens with one attached hydrogen (secondary N) is 2. The number of halogens is 1. The number of alkyl carbamates (subject to hydrolysis) is 1. The molecule has 9 heteroatoms. The lowest BCUT2D eigenvalue weighted by molar-refractivity contribution is -0.119. The average molecular weight is 425 g/mol. The van der Waals surface area contributed by atoms with Gasteiger partial charge >= 0.3 is 6.09 Å². The van der Waals surface area contributed by atoms with Gasteiger partial charge in [0.25, 0.3) is 0 Å². The van der Waals surface area contributed by atoms with Crippen LogP contribution in [0.2, 0.25) is 5.15 Å². The molecule has 2 heterocycles. The van der Waals surface area contributed by atoms with Gasteiger partial charge in [-0.2, -0.15) is 0 Å². The molecule has 28 heavy (non-hydrogen) atoms. The summed E-state index contributed by atoms with van der Waals surface area (Å²) in [5.74, 6) is -0.482. The molecule has 2 aromatic heterocycles. The number of hydrogen-bond acceptors (Lipinski definition) is 6. The van der Waals surface area contributed by atoms with Gasteiger partial charge in [-0.3, -0.25) is 4.79 Å². The van der Waals surface area contributed by atoms with Crippen molar-refractivity contribution in [3.8, 4) is 10.4 Å². The fraction of sp³-hybridized carbons (Fsp3) is 0.474. The highest BCUT2D eigenvalue weighted by molar-refractivity contribution is 7.19. The van der Waals surface area contributed by atoms with Gasteiger partial charge in [0.2, 0.25) is 5.91 Å². The number of carbonyl (C=O) groups excluding carboxylic acids is 2. The van der Waals surface area contributed by atoms with E-state index in [1.165, 1.54) is 11.3 Å². The van der Waals surface area contributed by atoms with Crippen molar-refractivity contribution in [2.75, 3.05) is 5.32 Å². The van der Waals surface area contributed by atoms with Gasteiger partial charge in [-0.15, -0.1) is 0 Å². The molecule has 2 N–H and O–H groups in total. The summed E-state index contributed by atoms with van der Waals surface area (Å²) in [4.78, 5) is 34.1. The molecule has 0 fully saturated rings. The Morgan fingerprint density at radius 3 is 2.46 bits per heavy atom. The van der Waals surface area contributed by atoms with Gasteiger partial charge in [-0.25, -0.2) is 14.8 Å². The Labute approximate surface area is 173 Å². The van der Waals surface area contributed by atoms with Crippen molar-refractivity contribution < 1.29 is 14.3 Å². The van der Waals surface area contributed by atoms with Crippen LogP contribution >= 0.6 is 22.9 Å². The molecule has 1 atom stereocenters. The minimum absolute atomic E-state index is 0.131. The molecule has 0 aromatic carbocycles. The first-order valence-electron chi connectivity index (χ1n) is 8.86. The number of aryl methyl sites for hydroxylation is 1. The molecule has 0 aliphatic heterocycles. The molecule has 7 nitrogen and oxygen atoms in total. The third kappa shape index (κ3) is 6.17. The summed E-state index contributed by atoms with van der Waals surface area (Å²) in [6.45, 7) is 10.8. The Hall–Kier alpha value is -2.19. The summed E-state index contributed by atoms with van der Waals surface area (Å²) < 4.78 is 5.25. The summed E-state index contributed by atoms with van der Waals surface area (Å²) in [6.07, 6.45) is 1.03. The van der Waals surface area contributed by atoms with Crippen LogP contribution < -0.4 is 10.6 Å². The van der Waals surface area contributed by atoms with Crippen LogP contribution in [0.25, 0.3) is 10.4 Å². The van der Waals surface area contributed by atoms with Crippen LogP contribution in [0.5, 0.6) is 0 Å². The molecule has 0 saturated heterocycles. The SMILES string of the molecule is Cc1nc(NC(=O)C(NC(=O)OC(C)(C)C)C(C)C)sc1-c1ccc(Cl)nc1. The molecular weight excluding hydrogens is 400 g/mol. The maximum Gasteiger partial charge on any atom is 0.408 e. The summed E-state index contributed by atoms with van der Waals surface area (Å²) in [6, 6.07) is 2.80. The third-order valence-electron chi connectivity index (χ3n) is 3.64. The Morgan fingerprint density at radius 2 is 1.93 bits per heavy atom. The van der Waals surface area contributed by atoms with E-state index in [0.717, 1.165) is 16.1 Å². The quantitative estimate of drug-likeness (QED) is 0.681. The van der Waals surface area contributed by atoms with Crippen LogP contribution in [0.3, 0.4) is 0 Å². The number of amides is 2. The number of carbonyl (C=O) groups is 2. The maximum absolute atomic E-state index is 12.7. The predicted octanol–water partition coefficient (Wildman–Crippen LogP) is 4.65. The molecule has 2 amide bonds. The Balaban J connectivity index is 2.12. The average Bonchev–Trinajstić information content (AvgIpc) is 2.91. The fourth-order valence-corrected chi connectivity index (χ4v) is 3.45. The second-order valence-corrected chi connectivity index (χ2v) is 9.05. The minimum atomic E-state index is -0.750. The lowest BCUT2D eigenvalue weighted by Gasteiger charge is -2.24. The zero-order valence-corrected chi connectivity index (χ0v) is 18.4. The largest absolute Gasteiger partial charge is 0.444 e. The third-order valence-corrected chi connectivity index (χ3v) is 4.98. The van der Waals surface area contributed by atoms with Crippen molar-refractivity contribution >= 4 is 40.1 Å². The maximum atomic E-state index is 12.7. The molecule has 152 valence electrons. The number of rotatable bonds is 5. The fourth-order valence-electron chi connectivity index (χ4n) is 2.38. The van der Waals surface area contributed by atoms with Gasteiger partial charge in [-0.1, -0.05) is 36.8 Å². The van der Waals surface area contributed by atoms with Crippen LogP contribution in [0.15, 0.2) is 18.3 Å². The summed E-state index contributed by atoms with van der Waals surface area (Å²) in [5.41, 5.74) is 0.994. The number of thiazole rings is 1. The molecule has 2 aromatic rings. The topological polar surface area (TPSA) is 93.2 Å². The van der Waals surface area contributed by atoms with Gasteiger partial charge in [0.1, 0.15) is 16.8 Å². The van der Waals surface area contributed by atoms with Crippen molar-refractivity contribution in [2.45, 2.75) is 53.2 Å². The summed E-state index contributed by atoms with van der Waals surface area (Å²) in [7, 11) is 0. The lowest BCUT2D eigenvalue weighted by Crippen LogP contribution is -2.48. The first kappa shape index (κ1) is 22.1. The molecule has 0 bridgehead atoms. The van der Waals surface area contributed by atoms with Crippen molar-refractivity contribution in [2.24, 2.45) is 5.92 Å². The molecule has 1 unspecified atom stereocenters. The molecule has 0 saturated carbocycles. The van der Waals surface area contributed by atoms with Crippen LogP contribution in [-0.2, 0) is 9.53 Å². The van der Waals surface area contributed by atoms with Crippen molar-refractivity contribution in [3.63, 3.8) is 0 Å². The van der Waals surface area contributed by atoms with Crippen molar-refractivity contribution in [1.29, 1.82) is 0 Å². The Kier molecular flexibility index (Phi) is 7.01. The van der Waals surface area contributed by atoms with Gasteiger partial charge < -0.3 is 15.4 Å². The van der Waals surface area contributed by atoms with E-state index >= 15 is 0 Å². The van der Waals surface area contributed by atoms with E-state index in [0.29, 0.717) is 10.3 Å². The number of aromatic nitrogens is 2. The zero-order valence-electron chi connectivity index (χ0n) is 16.8. The number of hydrogen-bond donors (Lipinski definition) is 2. The molecule has 2 rings (SSSR count). The van der Waals surface area contributed by atoms with Crippen LogP contribution in [-0.4, -0.2) is 33.6 Å². The zero-order chi connectivity index (χ0) is 21.1. The predicted molar refractivity (Wildman–Crippen MR) is 112 cm³/mol. The molecule has 0 aliphatic carbocycles. The highest BCUT2D eigenvalue weighted by Gasteiger charge is 2.27. The van der Waals surface area contributed by atoms with Gasteiger partial charge in [-0.05, 0) is 45.7 Å². The van der Waals surface area contributed by atoms with Gasteiger partial charge in [0.15, 0.2) is 5.13 Å². The normalized spacial score (nSPS) is 12.6. The first-order chi connectivity index (χ1) is 13.0. The summed E-state index contributed by atoms with van der Waals surface area (Å²) in [5, 5.41) is 6.27. The Morgan fingerprint density at radius 1 is 1.25 bits per heavy atom. The van der Waals surface area contributed by atoms with E-state index in [4.69, 9.17) is 16.3 Å². The van der Waals surface area contributed by atoms with E-state index in [1.807, 2.05) is 26.8 Å². The number of pyridine rings is 1. The van der Waals surface area contributed by atoms with Gasteiger partial charge in [0, 0.05) is 11.8 Å². The van der Waals surface area contributed by atoms with Crippen LogP contribution in [0, 0.1) is 12.8 Å².